The lowest BCUT2D eigenvalue weighted by atomic mass is 10.1. The first kappa shape index (κ1) is 18.4. The van der Waals surface area contributed by atoms with E-state index in [1.807, 2.05) is 20.8 Å². The first-order valence-electron chi connectivity index (χ1n) is 8.41. The molecule has 26 heavy (non-hydrogen) atoms. The maximum atomic E-state index is 12.3. The van der Waals surface area contributed by atoms with E-state index in [4.69, 9.17) is 16.3 Å². The molecular formula is C17H21ClN4O4. The van der Waals surface area contributed by atoms with Crippen LogP contribution in [0.25, 0.3) is 11.0 Å². The second-order valence-electron chi connectivity index (χ2n) is 7.38. The van der Waals surface area contributed by atoms with Gasteiger partial charge in [0.1, 0.15) is 11.1 Å². The van der Waals surface area contributed by atoms with Crippen LogP contribution in [0.5, 0.6) is 0 Å². The molecule has 1 amide bonds. The number of amides is 1. The van der Waals surface area contributed by atoms with Crippen molar-refractivity contribution in [2.45, 2.75) is 45.3 Å². The number of likely N-dealkylation sites (tertiary alicyclic amines) is 1. The number of benzene rings is 1. The summed E-state index contributed by atoms with van der Waals surface area (Å²) >= 11 is 6.08. The number of aromatic carboxylic acids is 1. The average molecular weight is 381 g/mol. The number of ether oxygens (including phenoxy) is 1. The second kappa shape index (κ2) is 6.75. The lowest BCUT2D eigenvalue weighted by Crippen LogP contribution is -2.43. The molecule has 1 aromatic heterocycles. The van der Waals surface area contributed by atoms with Gasteiger partial charge in [-0.15, -0.1) is 5.10 Å². The predicted molar refractivity (Wildman–Crippen MR) is 95.6 cm³/mol. The third kappa shape index (κ3) is 3.75. The zero-order chi connectivity index (χ0) is 19.1. The molecule has 8 nitrogen and oxygen atoms in total. The summed E-state index contributed by atoms with van der Waals surface area (Å²) < 4.78 is 7.16. The quantitative estimate of drug-likeness (QED) is 0.857. The molecule has 1 atom stereocenters. The van der Waals surface area contributed by atoms with E-state index in [1.54, 1.807) is 15.6 Å². The van der Waals surface area contributed by atoms with Crippen molar-refractivity contribution in [2.75, 3.05) is 13.1 Å². The second-order valence-corrected chi connectivity index (χ2v) is 7.79. The van der Waals surface area contributed by atoms with E-state index < -0.39 is 11.6 Å². The van der Waals surface area contributed by atoms with Crippen molar-refractivity contribution in [1.82, 2.24) is 19.9 Å². The molecule has 1 unspecified atom stereocenters. The normalized spacial score (nSPS) is 18.2. The number of nitrogens with zero attached hydrogens (tertiary/aromatic N) is 4. The maximum absolute atomic E-state index is 12.3. The third-order valence-electron chi connectivity index (χ3n) is 4.18. The fourth-order valence-electron chi connectivity index (χ4n) is 3.04. The van der Waals surface area contributed by atoms with Crippen LogP contribution in [0, 0.1) is 0 Å². The molecule has 0 bridgehead atoms. The number of fused-ring (bicyclic) bond motifs is 1. The van der Waals surface area contributed by atoms with Crippen LogP contribution in [0.2, 0.25) is 5.02 Å². The molecule has 1 aliphatic rings. The highest BCUT2D eigenvalue weighted by molar-refractivity contribution is 6.34. The van der Waals surface area contributed by atoms with Crippen molar-refractivity contribution in [3.63, 3.8) is 0 Å². The van der Waals surface area contributed by atoms with E-state index in [9.17, 15) is 14.7 Å². The van der Waals surface area contributed by atoms with Gasteiger partial charge in [-0.2, -0.15) is 0 Å². The van der Waals surface area contributed by atoms with Crippen LogP contribution in [-0.4, -0.2) is 55.8 Å². The summed E-state index contributed by atoms with van der Waals surface area (Å²) in [7, 11) is 0. The molecule has 3 rings (SSSR count). The Morgan fingerprint density at radius 1 is 1.35 bits per heavy atom. The molecule has 0 radical (unpaired) electrons. The smallest absolute Gasteiger partial charge is 0.410 e. The van der Waals surface area contributed by atoms with Gasteiger partial charge >= 0.3 is 12.1 Å². The summed E-state index contributed by atoms with van der Waals surface area (Å²) in [5, 5.41) is 17.5. The van der Waals surface area contributed by atoms with Crippen molar-refractivity contribution >= 4 is 34.7 Å². The highest BCUT2D eigenvalue weighted by Gasteiger charge is 2.30. The van der Waals surface area contributed by atoms with Crippen LogP contribution in [0.4, 0.5) is 4.79 Å². The average Bonchev–Trinajstić information content (AvgIpc) is 2.95. The van der Waals surface area contributed by atoms with E-state index in [0.717, 1.165) is 12.8 Å². The molecular weight excluding hydrogens is 360 g/mol. The molecule has 2 aromatic rings. The molecule has 0 spiro atoms. The first-order valence-corrected chi connectivity index (χ1v) is 8.79. The number of halogens is 1. The monoisotopic (exact) mass is 380 g/mol. The highest BCUT2D eigenvalue weighted by Crippen LogP contribution is 2.28. The summed E-state index contributed by atoms with van der Waals surface area (Å²) in [5.74, 6) is -1.11. The molecule has 0 saturated carbocycles. The van der Waals surface area contributed by atoms with Gasteiger partial charge in [0.2, 0.25) is 0 Å². The Balaban J connectivity index is 1.86. The lowest BCUT2D eigenvalue weighted by Gasteiger charge is -2.34. The summed E-state index contributed by atoms with van der Waals surface area (Å²) in [6, 6.07) is 2.90. The topological polar surface area (TPSA) is 97.5 Å². The number of hydrogen-bond donors (Lipinski definition) is 1. The van der Waals surface area contributed by atoms with Gasteiger partial charge in [0.15, 0.2) is 0 Å². The van der Waals surface area contributed by atoms with Gasteiger partial charge in [-0.1, -0.05) is 16.8 Å². The van der Waals surface area contributed by atoms with Gasteiger partial charge in [-0.05, 0) is 45.7 Å². The van der Waals surface area contributed by atoms with Crippen molar-refractivity contribution in [3.8, 4) is 0 Å². The minimum atomic E-state index is -1.11. The van der Waals surface area contributed by atoms with Crippen LogP contribution >= 0.6 is 11.6 Å². The number of carboxylic acids is 1. The van der Waals surface area contributed by atoms with Crippen LogP contribution < -0.4 is 0 Å². The van der Waals surface area contributed by atoms with Crippen LogP contribution in [0.1, 0.15) is 50.0 Å². The fraction of sp³-hybridized carbons (Fsp3) is 0.529. The highest BCUT2D eigenvalue weighted by atomic mass is 35.5. The molecule has 9 heteroatoms. The Hall–Kier alpha value is -2.35. The molecule has 1 aliphatic heterocycles. The van der Waals surface area contributed by atoms with Gasteiger partial charge in [0, 0.05) is 13.1 Å². The first-order chi connectivity index (χ1) is 12.2. The Morgan fingerprint density at radius 3 is 2.73 bits per heavy atom. The maximum Gasteiger partial charge on any atom is 0.410 e. The van der Waals surface area contributed by atoms with Crippen molar-refractivity contribution in [3.05, 3.63) is 22.7 Å². The number of carboxylic acid groups (broad SMARTS) is 1. The Morgan fingerprint density at radius 2 is 2.08 bits per heavy atom. The molecule has 1 aromatic carbocycles. The van der Waals surface area contributed by atoms with Gasteiger partial charge in [-0.3, -0.25) is 0 Å². The molecule has 1 N–H and O–H groups in total. The minimum absolute atomic E-state index is 0.00903. The molecule has 1 saturated heterocycles. The summed E-state index contributed by atoms with van der Waals surface area (Å²) in [4.78, 5) is 25.2. The summed E-state index contributed by atoms with van der Waals surface area (Å²) in [6.07, 6.45) is 1.29. The van der Waals surface area contributed by atoms with Crippen LogP contribution in [0.15, 0.2) is 12.1 Å². The standard InChI is InChI=1S/C17H21ClN4O4/c1-17(2,3)26-16(25)21-6-4-5-10(9-21)22-14-8-12(18)11(15(23)24)7-13(14)19-20-22/h7-8,10H,4-6,9H2,1-3H3,(H,23,24). The fourth-order valence-corrected chi connectivity index (χ4v) is 3.28. The number of carbonyl (C=O) groups excluding carboxylic acids is 1. The number of rotatable bonds is 2. The number of hydrogen-bond acceptors (Lipinski definition) is 5. The van der Waals surface area contributed by atoms with E-state index in [0.29, 0.717) is 24.1 Å². The van der Waals surface area contributed by atoms with Crippen molar-refractivity contribution < 1.29 is 19.4 Å². The van der Waals surface area contributed by atoms with Crippen molar-refractivity contribution in [2.24, 2.45) is 0 Å². The van der Waals surface area contributed by atoms with Crippen LogP contribution in [-0.2, 0) is 4.74 Å². The van der Waals surface area contributed by atoms with E-state index in [-0.39, 0.29) is 22.7 Å². The zero-order valence-electron chi connectivity index (χ0n) is 14.9. The van der Waals surface area contributed by atoms with E-state index in [1.165, 1.54) is 6.07 Å². The largest absolute Gasteiger partial charge is 0.478 e. The molecule has 2 heterocycles. The van der Waals surface area contributed by atoms with Gasteiger partial charge < -0.3 is 14.7 Å². The zero-order valence-corrected chi connectivity index (χ0v) is 15.7. The lowest BCUT2D eigenvalue weighted by molar-refractivity contribution is 0.0168. The number of piperidine rings is 1. The third-order valence-corrected chi connectivity index (χ3v) is 4.50. The summed E-state index contributed by atoms with van der Waals surface area (Å²) in [5.41, 5.74) is 0.549. The summed E-state index contributed by atoms with van der Waals surface area (Å²) in [6.45, 7) is 6.57. The van der Waals surface area contributed by atoms with Crippen molar-refractivity contribution in [1.29, 1.82) is 0 Å². The van der Waals surface area contributed by atoms with Gasteiger partial charge in [0.05, 0.1) is 22.1 Å². The minimum Gasteiger partial charge on any atom is -0.478 e. The molecule has 0 aliphatic carbocycles. The molecule has 1 fully saturated rings. The predicted octanol–water partition coefficient (Wildman–Crippen LogP) is 3.35. The molecule has 140 valence electrons. The number of carbonyl (C=O) groups is 2. The number of aromatic nitrogens is 3. The van der Waals surface area contributed by atoms with E-state index in [2.05, 4.69) is 10.3 Å². The van der Waals surface area contributed by atoms with Gasteiger partial charge in [-0.25, -0.2) is 14.3 Å². The van der Waals surface area contributed by atoms with Crippen LogP contribution in [0.3, 0.4) is 0 Å². The SMILES string of the molecule is CC(C)(C)OC(=O)N1CCCC(n2nnc3cc(C(=O)O)c(Cl)cc32)C1. The Bertz CT molecular complexity index is 858. The van der Waals surface area contributed by atoms with Gasteiger partial charge in [0.25, 0.3) is 0 Å². The van der Waals surface area contributed by atoms with E-state index >= 15 is 0 Å². The Kier molecular flexibility index (Phi) is 4.79. The Labute approximate surface area is 155 Å².